The summed E-state index contributed by atoms with van der Waals surface area (Å²) >= 11 is 2.00. The molecule has 0 radical (unpaired) electrons. The van der Waals surface area contributed by atoms with Crippen LogP contribution in [0.3, 0.4) is 0 Å². The Labute approximate surface area is 72.0 Å². The summed E-state index contributed by atoms with van der Waals surface area (Å²) in [6.07, 6.45) is 1.27. The van der Waals surface area contributed by atoms with Gasteiger partial charge >= 0.3 is 0 Å². The second-order valence-electron chi connectivity index (χ2n) is 3.23. The molecule has 0 nitrogen and oxygen atoms in total. The molecular weight excluding hydrogens is 152 g/mol. The summed E-state index contributed by atoms with van der Waals surface area (Å²) in [5.74, 6) is 2.15. The van der Waals surface area contributed by atoms with Gasteiger partial charge in [0.1, 0.15) is 0 Å². The molecule has 1 aromatic rings. The first-order chi connectivity index (χ1) is 5.36. The molecule has 1 atom stereocenters. The zero-order chi connectivity index (χ0) is 7.68. The Kier molecular flexibility index (Phi) is 1.91. The van der Waals surface area contributed by atoms with E-state index >= 15 is 0 Å². The molecule has 0 aromatic heterocycles. The van der Waals surface area contributed by atoms with E-state index in [1.54, 1.807) is 0 Å². The van der Waals surface area contributed by atoms with E-state index < -0.39 is 0 Å². The molecule has 58 valence electrons. The van der Waals surface area contributed by atoms with Crippen molar-refractivity contribution in [3.8, 4) is 0 Å². The highest BCUT2D eigenvalue weighted by atomic mass is 32.2. The van der Waals surface area contributed by atoms with Gasteiger partial charge in [0.05, 0.1) is 0 Å². The summed E-state index contributed by atoms with van der Waals surface area (Å²) in [5, 5.41) is 0. The maximum atomic E-state index is 2.32. The highest BCUT2D eigenvalue weighted by molar-refractivity contribution is 7.99. The van der Waals surface area contributed by atoms with Gasteiger partial charge in [-0.3, -0.25) is 0 Å². The quantitative estimate of drug-likeness (QED) is 0.568. The Hall–Kier alpha value is -0.430. The summed E-state index contributed by atoms with van der Waals surface area (Å²) < 4.78 is 0. The highest BCUT2D eigenvalue weighted by Gasteiger charge is 2.13. The molecule has 0 N–H and O–H groups in total. The summed E-state index contributed by atoms with van der Waals surface area (Å²) in [6.45, 7) is 2.32. The van der Waals surface area contributed by atoms with E-state index in [9.17, 15) is 0 Å². The highest BCUT2D eigenvalue weighted by Crippen LogP contribution is 2.31. The monoisotopic (exact) mass is 164 g/mol. The minimum absolute atomic E-state index is 0.856. The lowest BCUT2D eigenvalue weighted by molar-refractivity contribution is 0.640. The van der Waals surface area contributed by atoms with E-state index in [4.69, 9.17) is 0 Å². The molecule has 1 aliphatic heterocycles. The van der Waals surface area contributed by atoms with Crippen LogP contribution in [0.1, 0.15) is 12.5 Å². The molecular formula is C10H12S. The molecule has 0 saturated carbocycles. The van der Waals surface area contributed by atoms with Crippen molar-refractivity contribution in [2.45, 2.75) is 18.2 Å². The van der Waals surface area contributed by atoms with Gasteiger partial charge in [-0.25, -0.2) is 0 Å². The van der Waals surface area contributed by atoms with Gasteiger partial charge in [0.25, 0.3) is 0 Å². The van der Waals surface area contributed by atoms with Gasteiger partial charge < -0.3 is 0 Å². The Bertz CT molecular complexity index is 255. The van der Waals surface area contributed by atoms with Gasteiger partial charge in [0.2, 0.25) is 0 Å². The lowest BCUT2D eigenvalue weighted by Gasteiger charge is -2.20. The molecule has 2 rings (SSSR count). The molecule has 0 amide bonds. The molecule has 0 bridgehead atoms. The van der Waals surface area contributed by atoms with Crippen LogP contribution in [0.2, 0.25) is 0 Å². The Morgan fingerprint density at radius 1 is 1.36 bits per heavy atom. The van der Waals surface area contributed by atoms with E-state index in [0.29, 0.717) is 0 Å². The first-order valence-corrected chi connectivity index (χ1v) is 5.05. The summed E-state index contributed by atoms with van der Waals surface area (Å²) in [6, 6.07) is 8.74. The maximum Gasteiger partial charge on any atom is 0.0104 e. The van der Waals surface area contributed by atoms with Gasteiger partial charge in [-0.05, 0) is 24.0 Å². The van der Waals surface area contributed by atoms with Crippen LogP contribution in [0, 0.1) is 5.92 Å². The van der Waals surface area contributed by atoms with Gasteiger partial charge in [-0.2, -0.15) is 0 Å². The fraction of sp³-hybridized carbons (Fsp3) is 0.400. The van der Waals surface area contributed by atoms with Gasteiger partial charge in [0, 0.05) is 10.6 Å². The van der Waals surface area contributed by atoms with Crippen molar-refractivity contribution in [3.05, 3.63) is 29.8 Å². The minimum atomic E-state index is 0.856. The van der Waals surface area contributed by atoms with Crippen molar-refractivity contribution >= 4 is 11.8 Å². The summed E-state index contributed by atoms with van der Waals surface area (Å²) in [4.78, 5) is 1.49. The van der Waals surface area contributed by atoms with Crippen molar-refractivity contribution in [1.29, 1.82) is 0 Å². The molecule has 0 spiro atoms. The SMILES string of the molecule is CC1CSc2ccccc2C1. The third kappa shape index (κ3) is 1.43. The van der Waals surface area contributed by atoms with E-state index in [0.717, 1.165) is 5.92 Å². The van der Waals surface area contributed by atoms with Crippen molar-refractivity contribution in [2.75, 3.05) is 5.75 Å². The molecule has 1 unspecified atom stereocenters. The van der Waals surface area contributed by atoms with Crippen LogP contribution < -0.4 is 0 Å². The normalized spacial score (nSPS) is 22.8. The average Bonchev–Trinajstić information content (AvgIpc) is 2.04. The van der Waals surface area contributed by atoms with Crippen molar-refractivity contribution in [3.63, 3.8) is 0 Å². The molecule has 1 aliphatic rings. The predicted octanol–water partition coefficient (Wildman–Crippen LogP) is 2.97. The Morgan fingerprint density at radius 3 is 3.09 bits per heavy atom. The Morgan fingerprint density at radius 2 is 2.18 bits per heavy atom. The van der Waals surface area contributed by atoms with Crippen LogP contribution in [-0.4, -0.2) is 5.75 Å². The fourth-order valence-corrected chi connectivity index (χ4v) is 2.57. The van der Waals surface area contributed by atoms with Crippen LogP contribution in [-0.2, 0) is 6.42 Å². The number of fused-ring (bicyclic) bond motifs is 1. The first kappa shape index (κ1) is 7.23. The second kappa shape index (κ2) is 2.90. The van der Waals surface area contributed by atoms with E-state index in [1.807, 2.05) is 11.8 Å². The van der Waals surface area contributed by atoms with Gasteiger partial charge in [-0.15, -0.1) is 11.8 Å². The number of hydrogen-bond donors (Lipinski definition) is 0. The average molecular weight is 164 g/mol. The van der Waals surface area contributed by atoms with Crippen LogP contribution in [0.5, 0.6) is 0 Å². The third-order valence-electron chi connectivity index (χ3n) is 2.06. The molecule has 11 heavy (non-hydrogen) atoms. The molecule has 1 heteroatoms. The van der Waals surface area contributed by atoms with Gasteiger partial charge in [0.15, 0.2) is 0 Å². The number of benzene rings is 1. The minimum Gasteiger partial charge on any atom is -0.126 e. The van der Waals surface area contributed by atoms with Crippen LogP contribution in [0.4, 0.5) is 0 Å². The lowest BCUT2D eigenvalue weighted by Crippen LogP contribution is -2.08. The standard InChI is InChI=1S/C10H12S/c1-8-6-9-4-2-3-5-10(9)11-7-8/h2-5,8H,6-7H2,1H3. The lowest BCUT2D eigenvalue weighted by atomic mass is 10.0. The number of hydrogen-bond acceptors (Lipinski definition) is 1. The van der Waals surface area contributed by atoms with Gasteiger partial charge in [-0.1, -0.05) is 25.1 Å². The molecule has 0 saturated heterocycles. The van der Waals surface area contributed by atoms with Crippen LogP contribution in [0.25, 0.3) is 0 Å². The summed E-state index contributed by atoms with van der Waals surface area (Å²) in [5.41, 5.74) is 1.54. The Balaban J connectivity index is 2.34. The van der Waals surface area contributed by atoms with Crippen LogP contribution in [0.15, 0.2) is 29.2 Å². The number of thioether (sulfide) groups is 1. The van der Waals surface area contributed by atoms with E-state index in [-0.39, 0.29) is 0 Å². The van der Waals surface area contributed by atoms with Crippen molar-refractivity contribution in [1.82, 2.24) is 0 Å². The third-order valence-corrected chi connectivity index (χ3v) is 3.51. The second-order valence-corrected chi connectivity index (χ2v) is 4.29. The first-order valence-electron chi connectivity index (χ1n) is 4.07. The van der Waals surface area contributed by atoms with Crippen molar-refractivity contribution in [2.24, 2.45) is 5.92 Å². The topological polar surface area (TPSA) is 0 Å². The van der Waals surface area contributed by atoms with E-state index in [2.05, 4.69) is 31.2 Å². The zero-order valence-corrected chi connectivity index (χ0v) is 7.53. The smallest absolute Gasteiger partial charge is 0.0104 e. The molecule has 0 aliphatic carbocycles. The molecule has 1 aromatic carbocycles. The number of rotatable bonds is 0. The van der Waals surface area contributed by atoms with Crippen molar-refractivity contribution < 1.29 is 0 Å². The summed E-state index contributed by atoms with van der Waals surface area (Å²) in [7, 11) is 0. The largest absolute Gasteiger partial charge is 0.126 e. The van der Waals surface area contributed by atoms with E-state index in [1.165, 1.54) is 22.6 Å². The zero-order valence-electron chi connectivity index (χ0n) is 6.71. The fourth-order valence-electron chi connectivity index (χ4n) is 1.48. The predicted molar refractivity (Wildman–Crippen MR) is 50.0 cm³/mol. The maximum absolute atomic E-state index is 2.32. The molecule has 1 heterocycles. The van der Waals surface area contributed by atoms with Crippen LogP contribution >= 0.6 is 11.8 Å². The molecule has 0 fully saturated rings.